The van der Waals surface area contributed by atoms with Crippen LogP contribution in [0.15, 0.2) is 71.8 Å². The van der Waals surface area contributed by atoms with Gasteiger partial charge in [-0.3, -0.25) is 33.6 Å². The smallest absolute Gasteiger partial charge is 0.408 e. The number of esters is 8. The first-order valence-electron chi connectivity index (χ1n) is 33.2. The van der Waals surface area contributed by atoms with Crippen molar-refractivity contribution in [3.05, 3.63) is 82.9 Å². The zero-order chi connectivity index (χ0) is 69.2. The van der Waals surface area contributed by atoms with E-state index in [0.717, 1.165) is 46.5 Å². The van der Waals surface area contributed by atoms with Crippen molar-refractivity contribution in [1.82, 2.24) is 5.32 Å². The fraction of sp³-hybridized carbons (Fsp3) is 0.662. The number of amides is 1. The van der Waals surface area contributed by atoms with Crippen LogP contribution in [-0.2, 0) is 85.7 Å². The van der Waals surface area contributed by atoms with Gasteiger partial charge in [0.1, 0.15) is 48.8 Å². The summed E-state index contributed by atoms with van der Waals surface area (Å²) in [6.45, 7) is 15.0. The molecule has 23 heteroatoms. The number of rotatable bonds is 33. The van der Waals surface area contributed by atoms with Crippen LogP contribution in [0.25, 0.3) is 0 Å². The van der Waals surface area contributed by atoms with Gasteiger partial charge in [-0.05, 0) is 76.3 Å². The Bertz CT molecular complexity index is 2990. The molecule has 12 atom stereocenters. The number of hydrogen-bond donors (Lipinski definition) is 3. The van der Waals surface area contributed by atoms with Crippen molar-refractivity contribution in [2.75, 3.05) is 19.8 Å². The number of aliphatic hydroxyl groups excluding tert-OH is 1. The van der Waals surface area contributed by atoms with Gasteiger partial charge in [-0.2, -0.15) is 0 Å². The molecular weight excluding hydrogens is 1220 g/mol. The van der Waals surface area contributed by atoms with E-state index in [4.69, 9.17) is 47.4 Å². The van der Waals surface area contributed by atoms with Gasteiger partial charge in [0, 0.05) is 58.3 Å². The highest BCUT2D eigenvalue weighted by Crippen LogP contribution is 2.64. The minimum absolute atomic E-state index is 0.00398. The van der Waals surface area contributed by atoms with Crippen LogP contribution in [0.3, 0.4) is 0 Å². The molecule has 1 unspecified atom stereocenters. The molecule has 4 aliphatic rings. The van der Waals surface area contributed by atoms with Gasteiger partial charge in [-0.15, -0.1) is 0 Å². The Morgan fingerprint density at radius 1 is 0.681 bits per heavy atom. The molecule has 2 aromatic rings. The van der Waals surface area contributed by atoms with Crippen molar-refractivity contribution in [3.63, 3.8) is 0 Å². The van der Waals surface area contributed by atoms with E-state index in [1.807, 2.05) is 0 Å². The number of aliphatic hydroxyl groups is 2. The van der Waals surface area contributed by atoms with E-state index in [1.54, 1.807) is 57.2 Å². The van der Waals surface area contributed by atoms with Crippen molar-refractivity contribution in [3.8, 4) is 0 Å². The molecule has 1 amide bonds. The van der Waals surface area contributed by atoms with Gasteiger partial charge in [-0.1, -0.05) is 146 Å². The normalized spacial score (nSPS) is 25.3. The first-order valence-corrected chi connectivity index (χ1v) is 33.2. The second-order valence-corrected chi connectivity index (χ2v) is 27.1. The lowest BCUT2D eigenvalue weighted by molar-refractivity contribution is -0.346. The van der Waals surface area contributed by atoms with E-state index in [-0.39, 0.29) is 41.5 Å². The predicted molar refractivity (Wildman–Crippen MR) is 339 cm³/mol. The monoisotopic (exact) mass is 1320 g/mol. The maximum atomic E-state index is 15.9. The number of ketones is 1. The van der Waals surface area contributed by atoms with E-state index in [9.17, 15) is 48.6 Å². The van der Waals surface area contributed by atoms with Gasteiger partial charge in [0.05, 0.1) is 29.6 Å². The van der Waals surface area contributed by atoms with E-state index in [2.05, 4.69) is 12.2 Å². The van der Waals surface area contributed by atoms with Crippen LogP contribution in [0.2, 0.25) is 0 Å². The average molecular weight is 1320 g/mol. The van der Waals surface area contributed by atoms with Crippen LogP contribution in [0.5, 0.6) is 0 Å². The van der Waals surface area contributed by atoms with Crippen LogP contribution in [0.4, 0.5) is 4.79 Å². The molecule has 1 saturated heterocycles. The number of carbonyl (C=O) groups is 10. The summed E-state index contributed by atoms with van der Waals surface area (Å²) in [6, 6.07) is 14.0. The second kappa shape index (κ2) is 33.9. The molecule has 1 heterocycles. The van der Waals surface area contributed by atoms with Gasteiger partial charge in [0.25, 0.3) is 0 Å². The number of nitrogens with one attached hydrogen (secondary N) is 1. The van der Waals surface area contributed by atoms with E-state index in [1.165, 1.54) is 103 Å². The number of alkyl carbamates (subject to hydrolysis) is 1. The molecule has 2 saturated carbocycles. The third kappa shape index (κ3) is 19.2. The highest BCUT2D eigenvalue weighted by atomic mass is 16.6. The number of carbonyl (C=O) groups excluding carboxylic acids is 10. The summed E-state index contributed by atoms with van der Waals surface area (Å²) in [4.78, 5) is 139. The first-order chi connectivity index (χ1) is 44.4. The molecule has 0 spiro atoms. The minimum Gasteiger partial charge on any atom is -0.462 e. The van der Waals surface area contributed by atoms with Gasteiger partial charge < -0.3 is 62.9 Å². The average Bonchev–Trinajstić information content (AvgIpc) is 0.670. The summed E-state index contributed by atoms with van der Waals surface area (Å²) in [5.41, 5.74) is -9.32. The molecule has 520 valence electrons. The number of ether oxygens (including phenoxy) is 10. The Labute approximate surface area is 551 Å². The number of unbranched alkanes of at least 4 members (excludes halogenated alkanes) is 12. The number of benzene rings is 2. The van der Waals surface area contributed by atoms with Crippen LogP contribution in [0.1, 0.15) is 220 Å². The van der Waals surface area contributed by atoms with E-state index in [0.29, 0.717) is 6.42 Å². The predicted octanol–water partition coefficient (Wildman–Crippen LogP) is 10.1. The standard InChI is InChI=1S/C71H99NO22/c1-12-13-14-15-16-17-18-19-20-21-22-23-30-36-54(77)86-42-50(41-85-45(3)73)89-55(78)37-31-38-56(79)91-60(58(48-32-26-24-27-33-48)72-66(83)94-67(6,7)8)65(82)90-51-40-71(84)63(92-64(81)49-34-28-25-29-35-49)61-69(11,52(76)39-53-70(61,43-87-53)93-47(5)75)62(80)59(88-46(4)74)57(44(51)2)68(71,9)10/h24-29,32-35,50-53,58-61,63,76,84H,12-23,30-31,36-43H2,1-11H3,(H,72,83)/t50?,51-,52-,53+,58-,59+,60+,61-,63-,69+,70-,71+/m0/s1. The van der Waals surface area contributed by atoms with Crippen molar-refractivity contribution < 1.29 is 106 Å². The van der Waals surface area contributed by atoms with Crippen molar-refractivity contribution in [2.24, 2.45) is 16.7 Å². The Morgan fingerprint density at radius 3 is 1.78 bits per heavy atom. The summed E-state index contributed by atoms with van der Waals surface area (Å²) in [5, 5.41) is 29.0. The molecule has 3 N–H and O–H groups in total. The first kappa shape index (κ1) is 75.8. The lowest BCUT2D eigenvalue weighted by Gasteiger charge is -2.67. The fourth-order valence-electron chi connectivity index (χ4n) is 13.6. The van der Waals surface area contributed by atoms with Gasteiger partial charge >= 0.3 is 53.8 Å². The number of hydrogen-bond acceptors (Lipinski definition) is 22. The molecule has 94 heavy (non-hydrogen) atoms. The minimum atomic E-state index is -2.55. The zero-order valence-corrected chi connectivity index (χ0v) is 56.6. The Morgan fingerprint density at radius 2 is 1.23 bits per heavy atom. The molecule has 3 fully saturated rings. The molecule has 1 aliphatic heterocycles. The highest BCUT2D eigenvalue weighted by Gasteiger charge is 2.78. The zero-order valence-electron chi connectivity index (χ0n) is 56.6. The van der Waals surface area contributed by atoms with E-state index >= 15 is 9.59 Å². The van der Waals surface area contributed by atoms with Crippen LogP contribution >= 0.6 is 0 Å². The van der Waals surface area contributed by atoms with Crippen LogP contribution < -0.4 is 5.32 Å². The summed E-state index contributed by atoms with van der Waals surface area (Å²) in [5.74, 6) is -9.89. The quantitative estimate of drug-likeness (QED) is 0.0259. The molecule has 2 bridgehead atoms. The topological polar surface area (TPSA) is 315 Å². The third-order valence-electron chi connectivity index (χ3n) is 18.5. The van der Waals surface area contributed by atoms with Crippen molar-refractivity contribution in [2.45, 2.75) is 264 Å². The molecular formula is C71H99NO22. The van der Waals surface area contributed by atoms with Gasteiger partial charge in [-0.25, -0.2) is 14.4 Å². The Kier molecular flexibility index (Phi) is 27.4. The largest absolute Gasteiger partial charge is 0.462 e. The fourth-order valence-corrected chi connectivity index (χ4v) is 13.6. The lowest BCUT2D eigenvalue weighted by Crippen LogP contribution is -2.82. The highest BCUT2D eigenvalue weighted by molar-refractivity contribution is 5.96. The number of fused-ring (bicyclic) bond motifs is 5. The summed E-state index contributed by atoms with van der Waals surface area (Å²) < 4.78 is 58.7. The van der Waals surface area contributed by atoms with E-state index < -0.39 is 181 Å². The van der Waals surface area contributed by atoms with Crippen LogP contribution in [0, 0.1) is 16.7 Å². The Balaban J connectivity index is 1.27. The lowest BCUT2D eigenvalue weighted by atomic mass is 9.44. The molecule has 3 aliphatic carbocycles. The molecule has 2 aromatic carbocycles. The maximum Gasteiger partial charge on any atom is 0.408 e. The summed E-state index contributed by atoms with van der Waals surface area (Å²) in [6.07, 6.45) is 0.0494. The van der Waals surface area contributed by atoms with Crippen molar-refractivity contribution >= 4 is 59.6 Å². The molecule has 6 rings (SSSR count). The number of Topliss-reactive ketones (excluding diaryl/α,β-unsaturated/α-hetero) is 1. The molecule has 0 radical (unpaired) electrons. The van der Waals surface area contributed by atoms with Gasteiger partial charge in [0.15, 0.2) is 23.6 Å². The summed E-state index contributed by atoms with van der Waals surface area (Å²) in [7, 11) is 0. The SMILES string of the molecule is CCCCCCCCCCCCCCCC(=O)OCC(COC(C)=O)OC(=O)CCCC(=O)O[C@@H](C(=O)O[C@H]1C[C@@]2(O)[C@@H](OC(=O)c3ccccc3)[C@@H]3[C@]4(OC(C)=O)CO[C@@H]4C[C@H](O)[C@@]3(C)C(=O)[C@H](OC(C)=O)C(=C1C)C2(C)C)[C@@H](NC(=O)OC(C)(C)C)c1ccccc1. The van der Waals surface area contributed by atoms with Gasteiger partial charge in [0.2, 0.25) is 6.10 Å². The molecule has 23 nitrogen and oxygen atoms in total. The second-order valence-electron chi connectivity index (χ2n) is 27.1. The third-order valence-corrected chi connectivity index (χ3v) is 18.5. The molecule has 0 aromatic heterocycles. The van der Waals surface area contributed by atoms with Crippen molar-refractivity contribution in [1.29, 1.82) is 0 Å². The Hall–Kier alpha value is -7.24. The van der Waals surface area contributed by atoms with Crippen LogP contribution in [-0.4, -0.2) is 149 Å². The summed E-state index contributed by atoms with van der Waals surface area (Å²) >= 11 is 0. The maximum absolute atomic E-state index is 15.9.